The Kier molecular flexibility index (Phi) is 7.29. The molecule has 208 valence electrons. The molecule has 3 N–H and O–H groups in total. The minimum Gasteiger partial charge on any atom is -0.394 e. The predicted octanol–water partition coefficient (Wildman–Crippen LogP) is 3.66. The molecule has 3 amide bonds. The van der Waals surface area contributed by atoms with E-state index in [4.69, 9.17) is 4.74 Å². The average molecular weight is 534 g/mol. The van der Waals surface area contributed by atoms with Crippen LogP contribution in [0.4, 0.5) is 5.69 Å². The maximum atomic E-state index is 14.5. The molecule has 3 aliphatic heterocycles. The zero-order chi connectivity index (χ0) is 27.9. The number of nitrogens with one attached hydrogen (secondary N) is 2. The van der Waals surface area contributed by atoms with Crippen LogP contribution in [-0.2, 0) is 19.1 Å². The predicted molar refractivity (Wildman–Crippen MR) is 148 cm³/mol. The number of amides is 3. The van der Waals surface area contributed by atoms with Gasteiger partial charge in [0.15, 0.2) is 0 Å². The van der Waals surface area contributed by atoms with Crippen molar-refractivity contribution < 1.29 is 24.2 Å². The van der Waals surface area contributed by atoms with Crippen molar-refractivity contribution in [3.05, 3.63) is 65.2 Å². The van der Waals surface area contributed by atoms with Crippen LogP contribution in [0.3, 0.4) is 0 Å². The Morgan fingerprint density at radius 2 is 1.85 bits per heavy atom. The van der Waals surface area contributed by atoms with E-state index >= 15 is 0 Å². The first kappa shape index (κ1) is 27.3. The van der Waals surface area contributed by atoms with Gasteiger partial charge in [-0.1, -0.05) is 56.3 Å². The summed E-state index contributed by atoms with van der Waals surface area (Å²) in [5, 5.41) is 16.7. The highest BCUT2D eigenvalue weighted by atomic mass is 16.5. The van der Waals surface area contributed by atoms with Crippen molar-refractivity contribution >= 4 is 23.4 Å². The number of hydrogen-bond donors (Lipinski definition) is 3. The fraction of sp³-hybridized carbons (Fsp3) is 0.516. The van der Waals surface area contributed by atoms with Gasteiger partial charge in [-0.25, -0.2) is 0 Å². The van der Waals surface area contributed by atoms with Crippen molar-refractivity contribution in [2.45, 2.75) is 76.7 Å². The number of rotatable bonds is 9. The average Bonchev–Trinajstić information content (AvgIpc) is 3.54. The number of nitrogens with zero attached hydrogens (tertiary/aromatic N) is 1. The zero-order valence-corrected chi connectivity index (χ0v) is 23.2. The summed E-state index contributed by atoms with van der Waals surface area (Å²) in [6, 6.07) is 13.3. The lowest BCUT2D eigenvalue weighted by molar-refractivity contribution is -0.149. The van der Waals surface area contributed by atoms with Crippen LogP contribution in [0.25, 0.3) is 0 Å². The summed E-state index contributed by atoms with van der Waals surface area (Å²) in [4.78, 5) is 43.8. The molecule has 0 aliphatic carbocycles. The largest absolute Gasteiger partial charge is 0.394 e. The molecule has 8 nitrogen and oxygen atoms in total. The van der Waals surface area contributed by atoms with E-state index in [2.05, 4.69) is 10.6 Å². The Hall–Kier alpha value is -3.23. The van der Waals surface area contributed by atoms with E-state index in [1.165, 1.54) is 4.90 Å². The third-order valence-corrected chi connectivity index (χ3v) is 9.04. The Morgan fingerprint density at radius 1 is 1.10 bits per heavy atom. The van der Waals surface area contributed by atoms with Crippen LogP contribution < -0.4 is 10.6 Å². The molecule has 0 aromatic heterocycles. The topological polar surface area (TPSA) is 108 Å². The molecule has 3 aliphatic rings. The quantitative estimate of drug-likeness (QED) is 0.456. The maximum Gasteiger partial charge on any atom is 0.250 e. The number of fused-ring (bicyclic) bond motifs is 1. The lowest BCUT2D eigenvalue weighted by Gasteiger charge is -2.37. The SMILES string of the molecule is CCCNC(=O)[C@H]1[C@H]2C(=O)N([C@H](CO)c3ccccc3)C(C(=O)Nc3cc(C)ccc3C)C23CC[C@]1(CC)O3. The number of ether oxygens (including phenoxy) is 1. The van der Waals surface area contributed by atoms with Gasteiger partial charge in [-0.05, 0) is 62.3 Å². The van der Waals surface area contributed by atoms with Gasteiger partial charge >= 0.3 is 0 Å². The van der Waals surface area contributed by atoms with Crippen LogP contribution in [0.2, 0.25) is 0 Å². The molecule has 3 heterocycles. The van der Waals surface area contributed by atoms with Crippen molar-refractivity contribution in [1.29, 1.82) is 0 Å². The summed E-state index contributed by atoms with van der Waals surface area (Å²) >= 11 is 0. The highest BCUT2D eigenvalue weighted by Gasteiger charge is 2.79. The number of aliphatic hydroxyl groups excluding tert-OH is 1. The van der Waals surface area contributed by atoms with E-state index in [1.807, 2.05) is 76.2 Å². The van der Waals surface area contributed by atoms with Gasteiger partial charge in [0.2, 0.25) is 17.7 Å². The van der Waals surface area contributed by atoms with Gasteiger partial charge in [0.1, 0.15) is 11.6 Å². The first-order valence-electron chi connectivity index (χ1n) is 14.1. The summed E-state index contributed by atoms with van der Waals surface area (Å²) in [7, 11) is 0. The standard InChI is InChI=1S/C31H39N3O5/c1-5-16-32-27(36)24-25-29(38)34(23(18-35)21-10-8-7-9-11-21)26(31(25)15-14-30(24,6-2)39-31)28(37)33-22-17-19(3)12-13-20(22)4/h7-13,17,23-26,35H,5-6,14-16,18H2,1-4H3,(H,32,36)(H,33,37)/t23-,24-,25+,26?,30+,31?/m1/s1. The van der Waals surface area contributed by atoms with E-state index < -0.39 is 35.1 Å². The molecule has 5 rings (SSSR count). The molecule has 2 aromatic carbocycles. The molecular formula is C31H39N3O5. The van der Waals surface area contributed by atoms with Crippen molar-refractivity contribution in [1.82, 2.24) is 10.2 Å². The Bertz CT molecular complexity index is 1270. The van der Waals surface area contributed by atoms with E-state index in [1.54, 1.807) is 0 Å². The highest BCUT2D eigenvalue weighted by Crippen LogP contribution is 2.65. The summed E-state index contributed by atoms with van der Waals surface area (Å²) in [6.07, 6.45) is 2.42. The second-order valence-electron chi connectivity index (χ2n) is 11.3. The second-order valence-corrected chi connectivity index (χ2v) is 11.3. The molecule has 0 radical (unpaired) electrons. The van der Waals surface area contributed by atoms with E-state index in [-0.39, 0.29) is 24.3 Å². The molecule has 0 saturated carbocycles. The number of aliphatic hydroxyl groups is 1. The first-order chi connectivity index (χ1) is 18.7. The van der Waals surface area contributed by atoms with Crippen LogP contribution >= 0.6 is 0 Å². The summed E-state index contributed by atoms with van der Waals surface area (Å²) < 4.78 is 6.83. The van der Waals surface area contributed by atoms with Crippen molar-refractivity contribution in [2.24, 2.45) is 11.8 Å². The molecule has 6 atom stereocenters. The molecule has 39 heavy (non-hydrogen) atoms. The van der Waals surface area contributed by atoms with Gasteiger partial charge in [0, 0.05) is 12.2 Å². The van der Waals surface area contributed by atoms with E-state index in [0.29, 0.717) is 31.5 Å². The summed E-state index contributed by atoms with van der Waals surface area (Å²) in [5.74, 6) is -2.39. The first-order valence-corrected chi connectivity index (χ1v) is 14.1. The number of aryl methyl sites for hydroxylation is 2. The van der Waals surface area contributed by atoms with Crippen LogP contribution in [0.5, 0.6) is 0 Å². The fourth-order valence-corrected chi connectivity index (χ4v) is 7.15. The van der Waals surface area contributed by atoms with Crippen LogP contribution in [0.15, 0.2) is 48.5 Å². The lowest BCUT2D eigenvalue weighted by atomic mass is 9.65. The number of carbonyl (C=O) groups is 3. The minimum atomic E-state index is -1.16. The zero-order valence-electron chi connectivity index (χ0n) is 23.2. The molecule has 2 bridgehead atoms. The van der Waals surface area contributed by atoms with Crippen molar-refractivity contribution in [2.75, 3.05) is 18.5 Å². The second kappa shape index (κ2) is 10.4. The number of carbonyl (C=O) groups excluding carboxylic acids is 3. The number of hydrogen-bond acceptors (Lipinski definition) is 5. The van der Waals surface area contributed by atoms with Crippen molar-refractivity contribution in [3.8, 4) is 0 Å². The minimum absolute atomic E-state index is 0.200. The molecule has 3 saturated heterocycles. The summed E-state index contributed by atoms with van der Waals surface area (Å²) in [6.45, 7) is 7.99. The van der Waals surface area contributed by atoms with Gasteiger partial charge in [-0.15, -0.1) is 0 Å². The summed E-state index contributed by atoms with van der Waals surface area (Å²) in [5.41, 5.74) is 1.33. The fourth-order valence-electron chi connectivity index (χ4n) is 7.15. The molecular weight excluding hydrogens is 494 g/mol. The van der Waals surface area contributed by atoms with Gasteiger partial charge in [-0.3, -0.25) is 14.4 Å². The van der Waals surface area contributed by atoms with E-state index in [0.717, 1.165) is 23.1 Å². The van der Waals surface area contributed by atoms with Crippen LogP contribution in [-0.4, -0.2) is 58.1 Å². The number of benzene rings is 2. The third kappa shape index (κ3) is 4.25. The molecule has 1 spiro atoms. The van der Waals surface area contributed by atoms with Crippen LogP contribution in [0.1, 0.15) is 62.3 Å². The Labute approximate surface area is 230 Å². The van der Waals surface area contributed by atoms with Crippen LogP contribution in [0, 0.1) is 25.7 Å². The number of likely N-dealkylation sites (tertiary alicyclic amines) is 1. The highest BCUT2D eigenvalue weighted by molar-refractivity contribution is 6.04. The molecule has 3 fully saturated rings. The molecule has 2 unspecified atom stereocenters. The molecule has 2 aromatic rings. The van der Waals surface area contributed by atoms with Gasteiger partial charge in [0.05, 0.1) is 30.1 Å². The Morgan fingerprint density at radius 3 is 2.51 bits per heavy atom. The smallest absolute Gasteiger partial charge is 0.250 e. The normalized spacial score (nSPS) is 29.8. The lowest BCUT2D eigenvalue weighted by Crippen LogP contribution is -2.54. The van der Waals surface area contributed by atoms with Gasteiger partial charge < -0.3 is 25.4 Å². The van der Waals surface area contributed by atoms with E-state index in [9.17, 15) is 19.5 Å². The van der Waals surface area contributed by atoms with Gasteiger partial charge in [-0.2, -0.15) is 0 Å². The van der Waals surface area contributed by atoms with Gasteiger partial charge in [0.25, 0.3) is 0 Å². The maximum absolute atomic E-state index is 14.5. The molecule has 8 heteroatoms. The van der Waals surface area contributed by atoms with Crippen molar-refractivity contribution in [3.63, 3.8) is 0 Å². The third-order valence-electron chi connectivity index (χ3n) is 9.04. The number of anilines is 1. The Balaban J connectivity index is 1.62. The monoisotopic (exact) mass is 533 g/mol.